The maximum absolute atomic E-state index is 9.40. The van der Waals surface area contributed by atoms with Gasteiger partial charge in [0.1, 0.15) is 0 Å². The molecule has 0 aliphatic heterocycles. The van der Waals surface area contributed by atoms with Gasteiger partial charge in [0.25, 0.3) is 0 Å². The van der Waals surface area contributed by atoms with Gasteiger partial charge in [-0.1, -0.05) is 11.6 Å². The van der Waals surface area contributed by atoms with E-state index in [4.69, 9.17) is 0 Å². The van der Waals surface area contributed by atoms with Crippen LogP contribution in [0.3, 0.4) is 0 Å². The van der Waals surface area contributed by atoms with Crippen molar-refractivity contribution < 1.29 is 10.2 Å². The van der Waals surface area contributed by atoms with Gasteiger partial charge in [0.05, 0.1) is 4.47 Å². The summed E-state index contributed by atoms with van der Waals surface area (Å²) in [6.45, 7) is 3.93. The van der Waals surface area contributed by atoms with Gasteiger partial charge in [-0.15, -0.1) is 0 Å². The van der Waals surface area contributed by atoms with Crippen molar-refractivity contribution >= 4 is 37.9 Å². The third kappa shape index (κ3) is 2.30. The summed E-state index contributed by atoms with van der Waals surface area (Å²) in [5.74, 6) is -0.282. The maximum atomic E-state index is 9.40. The molecule has 4 heteroatoms. The highest BCUT2D eigenvalue weighted by Crippen LogP contribution is 2.41. The lowest BCUT2D eigenvalue weighted by molar-refractivity contribution is 0.401. The summed E-state index contributed by atoms with van der Waals surface area (Å²) in [6, 6.07) is 1.51. The van der Waals surface area contributed by atoms with Crippen LogP contribution in [0.5, 0.6) is 11.5 Å². The van der Waals surface area contributed by atoms with E-state index in [1.807, 2.05) is 19.9 Å². The van der Waals surface area contributed by atoms with Gasteiger partial charge in [-0.2, -0.15) is 0 Å². The molecule has 0 radical (unpaired) electrons. The van der Waals surface area contributed by atoms with Crippen LogP contribution in [0, 0.1) is 0 Å². The van der Waals surface area contributed by atoms with Crippen LogP contribution in [-0.2, 0) is 0 Å². The predicted molar refractivity (Wildman–Crippen MR) is 64.5 cm³/mol. The number of halogens is 2. The lowest BCUT2D eigenvalue weighted by Crippen LogP contribution is -1.81. The molecule has 2 nitrogen and oxygen atoms in total. The number of phenols is 2. The largest absolute Gasteiger partial charge is 0.504 e. The third-order valence-corrected chi connectivity index (χ3v) is 3.79. The molecule has 1 aromatic carbocycles. The van der Waals surface area contributed by atoms with E-state index < -0.39 is 0 Å². The molecule has 2 N–H and O–H groups in total. The normalized spacial score (nSPS) is 10.0. The Labute approximate surface area is 99.5 Å². The molecule has 76 valence electrons. The van der Waals surface area contributed by atoms with E-state index in [-0.39, 0.29) is 11.5 Å². The van der Waals surface area contributed by atoms with Gasteiger partial charge in [-0.3, -0.25) is 0 Å². The Morgan fingerprint density at radius 3 is 2.29 bits per heavy atom. The first kappa shape index (κ1) is 11.6. The molecule has 0 saturated carbocycles. The van der Waals surface area contributed by atoms with E-state index in [9.17, 15) is 10.2 Å². The van der Waals surface area contributed by atoms with Gasteiger partial charge in [0, 0.05) is 4.47 Å². The average Bonchev–Trinajstić information content (AvgIpc) is 2.10. The second-order valence-corrected chi connectivity index (χ2v) is 4.77. The molecule has 0 unspecified atom stereocenters. The van der Waals surface area contributed by atoms with E-state index in [0.29, 0.717) is 4.47 Å². The molecule has 0 heterocycles. The standard InChI is InChI=1S/C10H10Br2O2/c1-5(2)3-6-4-7(13)10(14)9(12)8(6)11/h3-4,13-14H,1-2H3. The van der Waals surface area contributed by atoms with Crippen molar-refractivity contribution in [2.24, 2.45) is 0 Å². The highest BCUT2D eigenvalue weighted by atomic mass is 79.9. The van der Waals surface area contributed by atoms with Crippen molar-refractivity contribution in [3.63, 3.8) is 0 Å². The minimum Gasteiger partial charge on any atom is -0.504 e. The zero-order valence-corrected chi connectivity index (χ0v) is 11.0. The summed E-state index contributed by atoms with van der Waals surface area (Å²) in [7, 11) is 0. The minimum atomic E-state index is -0.150. The van der Waals surface area contributed by atoms with Gasteiger partial charge < -0.3 is 10.2 Å². The Morgan fingerprint density at radius 1 is 1.21 bits per heavy atom. The van der Waals surface area contributed by atoms with E-state index in [0.717, 1.165) is 15.6 Å². The molecular weight excluding hydrogens is 312 g/mol. The Kier molecular flexibility index (Phi) is 3.61. The topological polar surface area (TPSA) is 40.5 Å². The van der Waals surface area contributed by atoms with Gasteiger partial charge in [-0.05, 0) is 57.3 Å². The first-order valence-electron chi connectivity index (χ1n) is 3.98. The van der Waals surface area contributed by atoms with Crippen LogP contribution in [0.4, 0.5) is 0 Å². The van der Waals surface area contributed by atoms with Crippen LogP contribution in [0.15, 0.2) is 20.6 Å². The molecule has 0 bridgehead atoms. The van der Waals surface area contributed by atoms with Crippen molar-refractivity contribution in [1.82, 2.24) is 0 Å². The zero-order valence-electron chi connectivity index (χ0n) is 7.81. The van der Waals surface area contributed by atoms with Gasteiger partial charge in [-0.25, -0.2) is 0 Å². The molecule has 0 atom stereocenters. The highest BCUT2D eigenvalue weighted by molar-refractivity contribution is 9.13. The van der Waals surface area contributed by atoms with E-state index in [1.54, 1.807) is 0 Å². The summed E-state index contributed by atoms with van der Waals surface area (Å²) < 4.78 is 1.19. The van der Waals surface area contributed by atoms with Crippen molar-refractivity contribution in [1.29, 1.82) is 0 Å². The fourth-order valence-corrected chi connectivity index (χ4v) is 1.89. The summed E-state index contributed by atoms with van der Waals surface area (Å²) in [5.41, 5.74) is 1.94. The number of benzene rings is 1. The Bertz CT molecular complexity index is 394. The number of rotatable bonds is 1. The summed E-state index contributed by atoms with van der Waals surface area (Å²) in [5, 5.41) is 18.8. The zero-order chi connectivity index (χ0) is 10.9. The lowest BCUT2D eigenvalue weighted by Gasteiger charge is -2.06. The molecule has 0 spiro atoms. The first-order valence-corrected chi connectivity index (χ1v) is 5.57. The summed E-state index contributed by atoms with van der Waals surface area (Å²) in [4.78, 5) is 0. The van der Waals surface area contributed by atoms with Crippen LogP contribution in [0.25, 0.3) is 6.08 Å². The van der Waals surface area contributed by atoms with Gasteiger partial charge in [0.15, 0.2) is 11.5 Å². The Balaban J connectivity index is 3.41. The second-order valence-electron chi connectivity index (χ2n) is 3.18. The molecule has 1 rings (SSSR count). The number of hydrogen-bond donors (Lipinski definition) is 2. The van der Waals surface area contributed by atoms with E-state index in [2.05, 4.69) is 31.9 Å². The average molecular weight is 322 g/mol. The molecular formula is C10H10Br2O2. The highest BCUT2D eigenvalue weighted by Gasteiger charge is 2.11. The molecule has 14 heavy (non-hydrogen) atoms. The number of allylic oxidation sites excluding steroid dienone is 1. The summed E-state index contributed by atoms with van der Waals surface area (Å²) >= 11 is 6.52. The monoisotopic (exact) mass is 320 g/mol. The summed E-state index contributed by atoms with van der Waals surface area (Å²) in [6.07, 6.45) is 1.91. The van der Waals surface area contributed by atoms with E-state index >= 15 is 0 Å². The number of hydrogen-bond acceptors (Lipinski definition) is 2. The van der Waals surface area contributed by atoms with Crippen LogP contribution in [0.2, 0.25) is 0 Å². The van der Waals surface area contributed by atoms with E-state index in [1.165, 1.54) is 6.07 Å². The second kappa shape index (κ2) is 4.36. The Hall–Kier alpha value is -0.480. The first-order chi connectivity index (χ1) is 6.43. The quantitative estimate of drug-likeness (QED) is 0.766. The van der Waals surface area contributed by atoms with Crippen LogP contribution in [-0.4, -0.2) is 10.2 Å². The minimum absolute atomic E-state index is 0.132. The van der Waals surface area contributed by atoms with Gasteiger partial charge >= 0.3 is 0 Å². The molecule has 0 aliphatic carbocycles. The predicted octanol–water partition coefficient (Wildman–Crippen LogP) is 4.05. The van der Waals surface area contributed by atoms with Crippen LogP contribution < -0.4 is 0 Å². The van der Waals surface area contributed by atoms with Gasteiger partial charge in [0.2, 0.25) is 0 Å². The van der Waals surface area contributed by atoms with Crippen LogP contribution >= 0.6 is 31.9 Å². The van der Waals surface area contributed by atoms with Crippen molar-refractivity contribution in [3.8, 4) is 11.5 Å². The van der Waals surface area contributed by atoms with Crippen molar-refractivity contribution in [3.05, 3.63) is 26.1 Å². The van der Waals surface area contributed by atoms with Crippen LogP contribution in [0.1, 0.15) is 19.4 Å². The number of phenolic OH excluding ortho intramolecular Hbond substituents is 2. The maximum Gasteiger partial charge on any atom is 0.173 e. The fraction of sp³-hybridized carbons (Fsp3) is 0.200. The third-order valence-electron chi connectivity index (χ3n) is 1.63. The SMILES string of the molecule is CC(C)=Cc1cc(O)c(O)c(Br)c1Br. The molecule has 0 amide bonds. The molecule has 0 aromatic heterocycles. The lowest BCUT2D eigenvalue weighted by atomic mass is 10.1. The fourth-order valence-electron chi connectivity index (χ4n) is 1.04. The van der Waals surface area contributed by atoms with Crippen molar-refractivity contribution in [2.75, 3.05) is 0 Å². The number of aromatic hydroxyl groups is 2. The van der Waals surface area contributed by atoms with Crippen molar-refractivity contribution in [2.45, 2.75) is 13.8 Å². The molecule has 1 aromatic rings. The smallest absolute Gasteiger partial charge is 0.173 e. The molecule has 0 fully saturated rings. The Morgan fingerprint density at radius 2 is 1.79 bits per heavy atom. The molecule has 0 saturated heterocycles. The molecule has 0 aliphatic rings.